The number of aryl methyl sites for hydroxylation is 1. The lowest BCUT2D eigenvalue weighted by Gasteiger charge is -2.27. The number of benzene rings is 1. The SMILES string of the molecule is CC(C)(CO)[C@@H](O)C(=O)NCCC(=O)C(=O)CCc1ccc(Oc2ccncc2)cc1. The number of ether oxygens (including phenoxy) is 1. The first kappa shape index (κ1) is 24.2. The van der Waals surface area contributed by atoms with Gasteiger partial charge in [-0.2, -0.15) is 0 Å². The number of pyridine rings is 1. The number of Topliss-reactive ketones (excluding diaryl/α,β-unsaturated/α-hetero) is 2. The monoisotopic (exact) mass is 428 g/mol. The van der Waals surface area contributed by atoms with Crippen LogP contribution in [0.1, 0.15) is 32.3 Å². The van der Waals surface area contributed by atoms with E-state index in [4.69, 9.17) is 4.74 Å². The summed E-state index contributed by atoms with van der Waals surface area (Å²) >= 11 is 0. The topological polar surface area (TPSA) is 126 Å². The largest absolute Gasteiger partial charge is 0.457 e. The van der Waals surface area contributed by atoms with E-state index in [9.17, 15) is 24.6 Å². The first-order chi connectivity index (χ1) is 14.7. The summed E-state index contributed by atoms with van der Waals surface area (Å²) < 4.78 is 5.68. The van der Waals surface area contributed by atoms with Crippen LogP contribution in [0, 0.1) is 5.41 Å². The van der Waals surface area contributed by atoms with Gasteiger partial charge < -0.3 is 20.3 Å². The Morgan fingerprint density at radius 3 is 2.19 bits per heavy atom. The average Bonchev–Trinajstić information content (AvgIpc) is 2.78. The van der Waals surface area contributed by atoms with Gasteiger partial charge >= 0.3 is 0 Å². The van der Waals surface area contributed by atoms with E-state index in [1.165, 1.54) is 0 Å². The Labute approximate surface area is 181 Å². The molecule has 8 heteroatoms. The number of carbonyl (C=O) groups excluding carboxylic acids is 3. The van der Waals surface area contributed by atoms with Gasteiger partial charge in [-0.1, -0.05) is 26.0 Å². The second-order valence-corrected chi connectivity index (χ2v) is 7.87. The molecule has 1 heterocycles. The molecule has 0 saturated carbocycles. The Kier molecular flexibility index (Phi) is 8.84. The Morgan fingerprint density at radius 2 is 1.58 bits per heavy atom. The molecule has 0 aliphatic heterocycles. The highest BCUT2D eigenvalue weighted by Gasteiger charge is 2.32. The molecule has 0 unspecified atom stereocenters. The van der Waals surface area contributed by atoms with Gasteiger partial charge in [0.15, 0.2) is 11.6 Å². The smallest absolute Gasteiger partial charge is 0.249 e. The number of aliphatic hydroxyl groups is 2. The van der Waals surface area contributed by atoms with Crippen LogP contribution in [0.5, 0.6) is 11.5 Å². The van der Waals surface area contributed by atoms with Crippen molar-refractivity contribution in [3.8, 4) is 11.5 Å². The number of aliphatic hydroxyl groups excluding tert-OH is 2. The van der Waals surface area contributed by atoms with E-state index in [1.807, 2.05) is 12.1 Å². The van der Waals surface area contributed by atoms with E-state index >= 15 is 0 Å². The molecule has 0 radical (unpaired) electrons. The standard InChI is InChI=1S/C23H28N2O6/c1-23(2,15-26)21(29)22(30)25-14-11-20(28)19(27)8-5-16-3-6-17(7-4-16)31-18-9-12-24-13-10-18/h3-4,6-7,9-10,12-13,21,26,29H,5,8,11,14-15H2,1-2H3,(H,25,30)/t21-/m0/s1. The van der Waals surface area contributed by atoms with Gasteiger partial charge in [0.2, 0.25) is 5.91 Å². The van der Waals surface area contributed by atoms with Crippen LogP contribution in [-0.2, 0) is 20.8 Å². The van der Waals surface area contributed by atoms with Crippen LogP contribution in [0.25, 0.3) is 0 Å². The van der Waals surface area contributed by atoms with Crippen LogP contribution in [0.15, 0.2) is 48.8 Å². The summed E-state index contributed by atoms with van der Waals surface area (Å²) in [6.45, 7) is 2.67. The van der Waals surface area contributed by atoms with Gasteiger partial charge in [0, 0.05) is 37.2 Å². The van der Waals surface area contributed by atoms with Crippen LogP contribution < -0.4 is 10.1 Å². The van der Waals surface area contributed by atoms with Gasteiger partial charge in [-0.05, 0) is 36.2 Å². The lowest BCUT2D eigenvalue weighted by atomic mass is 9.87. The highest BCUT2D eigenvalue weighted by Crippen LogP contribution is 2.21. The van der Waals surface area contributed by atoms with Crippen molar-refractivity contribution in [3.05, 3.63) is 54.4 Å². The minimum Gasteiger partial charge on any atom is -0.457 e. The van der Waals surface area contributed by atoms with Crippen LogP contribution in [0.2, 0.25) is 0 Å². The van der Waals surface area contributed by atoms with Crippen molar-refractivity contribution >= 4 is 17.5 Å². The molecule has 0 bridgehead atoms. The van der Waals surface area contributed by atoms with Gasteiger partial charge in [-0.25, -0.2) is 0 Å². The third-order valence-corrected chi connectivity index (χ3v) is 4.81. The number of hydrogen-bond acceptors (Lipinski definition) is 7. The van der Waals surface area contributed by atoms with Gasteiger partial charge in [0.1, 0.15) is 17.6 Å². The molecule has 0 aliphatic rings. The Balaban J connectivity index is 1.73. The summed E-state index contributed by atoms with van der Waals surface area (Å²) in [5, 5.41) is 21.5. The zero-order valence-electron chi connectivity index (χ0n) is 17.7. The molecule has 8 nitrogen and oxygen atoms in total. The first-order valence-corrected chi connectivity index (χ1v) is 10.0. The molecule has 2 aromatic rings. The van der Waals surface area contributed by atoms with Gasteiger partial charge in [-0.3, -0.25) is 19.4 Å². The first-order valence-electron chi connectivity index (χ1n) is 10.0. The predicted octanol–water partition coefficient (Wildman–Crippen LogP) is 1.83. The van der Waals surface area contributed by atoms with Gasteiger partial charge in [-0.15, -0.1) is 0 Å². The minimum atomic E-state index is -1.41. The molecule has 1 aromatic carbocycles. The maximum atomic E-state index is 12.1. The summed E-state index contributed by atoms with van der Waals surface area (Å²) in [6.07, 6.45) is 2.20. The quantitative estimate of drug-likeness (QED) is 0.440. The molecule has 3 N–H and O–H groups in total. The van der Waals surface area contributed by atoms with Crippen LogP contribution in [-0.4, -0.2) is 51.9 Å². The normalized spacial score (nSPS) is 12.1. The zero-order chi connectivity index (χ0) is 22.9. The number of carbonyl (C=O) groups is 3. The number of amides is 1. The highest BCUT2D eigenvalue weighted by atomic mass is 16.5. The second-order valence-electron chi connectivity index (χ2n) is 7.87. The Morgan fingerprint density at radius 1 is 1.00 bits per heavy atom. The molecule has 0 spiro atoms. The molecule has 166 valence electrons. The highest BCUT2D eigenvalue weighted by molar-refractivity contribution is 6.37. The van der Waals surface area contributed by atoms with Crippen molar-refractivity contribution in [3.63, 3.8) is 0 Å². The summed E-state index contributed by atoms with van der Waals surface area (Å²) in [4.78, 5) is 39.9. The van der Waals surface area contributed by atoms with Crippen LogP contribution in [0.3, 0.4) is 0 Å². The minimum absolute atomic E-state index is 0.0526. The van der Waals surface area contributed by atoms with Crippen LogP contribution in [0.4, 0.5) is 0 Å². The lowest BCUT2D eigenvalue weighted by Crippen LogP contribution is -2.46. The van der Waals surface area contributed by atoms with Crippen molar-refractivity contribution in [1.29, 1.82) is 0 Å². The third kappa shape index (κ3) is 7.58. The number of hydrogen-bond donors (Lipinski definition) is 3. The third-order valence-electron chi connectivity index (χ3n) is 4.81. The molecule has 0 saturated heterocycles. The second kappa shape index (κ2) is 11.3. The molecule has 1 amide bonds. The fourth-order valence-electron chi connectivity index (χ4n) is 2.64. The summed E-state index contributed by atoms with van der Waals surface area (Å²) in [6, 6.07) is 10.7. The number of nitrogens with one attached hydrogen (secondary N) is 1. The predicted molar refractivity (Wildman–Crippen MR) is 114 cm³/mol. The van der Waals surface area contributed by atoms with E-state index in [-0.39, 0.29) is 26.0 Å². The molecular formula is C23H28N2O6. The van der Waals surface area contributed by atoms with Gasteiger partial charge in [0.05, 0.1) is 6.61 Å². The Hall–Kier alpha value is -3.10. The van der Waals surface area contributed by atoms with Gasteiger partial charge in [0.25, 0.3) is 0 Å². The molecule has 31 heavy (non-hydrogen) atoms. The summed E-state index contributed by atoms with van der Waals surface area (Å²) in [7, 11) is 0. The summed E-state index contributed by atoms with van der Waals surface area (Å²) in [5.41, 5.74) is -0.103. The number of ketones is 2. The van der Waals surface area contributed by atoms with Crippen molar-refractivity contribution in [1.82, 2.24) is 10.3 Å². The summed E-state index contributed by atoms with van der Waals surface area (Å²) in [5.74, 6) is -0.451. The van der Waals surface area contributed by atoms with E-state index in [0.29, 0.717) is 17.9 Å². The molecule has 1 aromatic heterocycles. The van der Waals surface area contributed by atoms with E-state index in [1.54, 1.807) is 50.5 Å². The van der Waals surface area contributed by atoms with E-state index in [0.717, 1.165) is 5.56 Å². The molecular weight excluding hydrogens is 400 g/mol. The van der Waals surface area contributed by atoms with Crippen LogP contribution >= 0.6 is 0 Å². The molecule has 0 fully saturated rings. The molecule has 0 aliphatic carbocycles. The van der Waals surface area contributed by atoms with Crippen molar-refractivity contribution in [2.75, 3.05) is 13.2 Å². The van der Waals surface area contributed by atoms with E-state index in [2.05, 4.69) is 10.3 Å². The number of nitrogens with zero attached hydrogens (tertiary/aromatic N) is 1. The van der Waals surface area contributed by atoms with Crippen molar-refractivity contribution in [2.45, 2.75) is 39.2 Å². The fourth-order valence-corrected chi connectivity index (χ4v) is 2.64. The Bertz CT molecular complexity index is 881. The lowest BCUT2D eigenvalue weighted by molar-refractivity contribution is -0.138. The number of rotatable bonds is 12. The van der Waals surface area contributed by atoms with E-state index < -0.39 is 29.0 Å². The average molecular weight is 428 g/mol. The number of aromatic nitrogens is 1. The molecule has 2 rings (SSSR count). The van der Waals surface area contributed by atoms with Crippen molar-refractivity contribution < 1.29 is 29.3 Å². The zero-order valence-corrected chi connectivity index (χ0v) is 17.7. The molecule has 1 atom stereocenters. The maximum absolute atomic E-state index is 12.1. The van der Waals surface area contributed by atoms with Crippen molar-refractivity contribution in [2.24, 2.45) is 5.41 Å². The fraction of sp³-hybridized carbons (Fsp3) is 0.391. The maximum Gasteiger partial charge on any atom is 0.249 e.